The van der Waals surface area contributed by atoms with Gasteiger partial charge in [-0.3, -0.25) is 10.1 Å². The first kappa shape index (κ1) is 9.84. The molecule has 4 heteroatoms. The summed E-state index contributed by atoms with van der Waals surface area (Å²) in [5.74, 6) is 1.71. The number of thioether (sulfide) groups is 1. The maximum atomic E-state index is 10.3. The zero-order valence-corrected chi connectivity index (χ0v) is 8.18. The van der Waals surface area contributed by atoms with E-state index in [0.29, 0.717) is 11.2 Å². The smallest absolute Gasteiger partial charge is 0.215 e. The van der Waals surface area contributed by atoms with E-state index in [4.69, 9.17) is 0 Å². The van der Waals surface area contributed by atoms with Crippen LogP contribution in [-0.4, -0.2) is 22.5 Å². The van der Waals surface area contributed by atoms with Gasteiger partial charge in [-0.25, -0.2) is 0 Å². The summed E-state index contributed by atoms with van der Waals surface area (Å²) in [7, 11) is 0. The third-order valence-electron chi connectivity index (χ3n) is 2.01. The van der Waals surface area contributed by atoms with Gasteiger partial charge in [-0.2, -0.15) is 11.8 Å². The van der Waals surface area contributed by atoms with Gasteiger partial charge in [0.15, 0.2) is 0 Å². The van der Waals surface area contributed by atoms with E-state index in [2.05, 4.69) is 6.92 Å². The molecule has 0 aromatic carbocycles. The highest BCUT2D eigenvalue weighted by Gasteiger charge is 2.34. The van der Waals surface area contributed by atoms with E-state index in [1.54, 1.807) is 11.8 Å². The number of nitro groups is 1. The standard InChI is InChI=1S/C8H15NO2S/c1-2-5-12-8(6-9(10)11)7-3-4-7/h7-8H,2-6H2,1H3. The van der Waals surface area contributed by atoms with Crippen molar-refractivity contribution in [2.75, 3.05) is 12.3 Å². The SMILES string of the molecule is CCCSC(C[N+](=O)[O-])C1CC1. The minimum atomic E-state index is -0.175. The molecule has 1 fully saturated rings. The zero-order chi connectivity index (χ0) is 8.97. The molecule has 0 aromatic rings. The number of nitrogens with zero attached hydrogens (tertiary/aromatic N) is 1. The van der Waals surface area contributed by atoms with Crippen LogP contribution in [0.3, 0.4) is 0 Å². The van der Waals surface area contributed by atoms with Crippen LogP contribution < -0.4 is 0 Å². The summed E-state index contributed by atoms with van der Waals surface area (Å²) >= 11 is 1.78. The van der Waals surface area contributed by atoms with E-state index < -0.39 is 0 Å². The van der Waals surface area contributed by atoms with Crippen molar-refractivity contribution < 1.29 is 4.92 Å². The van der Waals surface area contributed by atoms with Crippen molar-refractivity contribution in [1.82, 2.24) is 0 Å². The summed E-state index contributed by atoms with van der Waals surface area (Å²) in [4.78, 5) is 10.1. The Labute approximate surface area is 77.1 Å². The molecule has 1 atom stereocenters. The van der Waals surface area contributed by atoms with Gasteiger partial charge in [-0.05, 0) is 30.9 Å². The molecule has 0 saturated heterocycles. The van der Waals surface area contributed by atoms with Gasteiger partial charge in [0.05, 0.1) is 5.25 Å². The maximum Gasteiger partial charge on any atom is 0.215 e. The van der Waals surface area contributed by atoms with Gasteiger partial charge in [0.1, 0.15) is 0 Å². The fourth-order valence-corrected chi connectivity index (χ4v) is 2.53. The second kappa shape index (κ2) is 4.70. The van der Waals surface area contributed by atoms with Crippen LogP contribution in [0.1, 0.15) is 26.2 Å². The summed E-state index contributed by atoms with van der Waals surface area (Å²) in [6.45, 7) is 2.28. The lowest BCUT2D eigenvalue weighted by Gasteiger charge is -2.09. The molecule has 1 rings (SSSR count). The molecule has 0 bridgehead atoms. The average molecular weight is 189 g/mol. The Kier molecular flexibility index (Phi) is 3.85. The lowest BCUT2D eigenvalue weighted by Crippen LogP contribution is -2.19. The zero-order valence-electron chi connectivity index (χ0n) is 7.36. The molecule has 70 valence electrons. The van der Waals surface area contributed by atoms with Gasteiger partial charge in [0, 0.05) is 4.92 Å². The summed E-state index contributed by atoms with van der Waals surface area (Å²) in [5, 5.41) is 10.6. The monoisotopic (exact) mass is 189 g/mol. The summed E-state index contributed by atoms with van der Waals surface area (Å²) in [6, 6.07) is 0. The van der Waals surface area contributed by atoms with Gasteiger partial charge >= 0.3 is 0 Å². The quantitative estimate of drug-likeness (QED) is 0.475. The van der Waals surface area contributed by atoms with Crippen molar-refractivity contribution in [3.63, 3.8) is 0 Å². The summed E-state index contributed by atoms with van der Waals surface area (Å²) in [5.41, 5.74) is 0. The molecule has 0 aliphatic heterocycles. The average Bonchev–Trinajstić information content (AvgIpc) is 2.79. The molecule has 1 aliphatic carbocycles. The van der Waals surface area contributed by atoms with Crippen LogP contribution in [0.4, 0.5) is 0 Å². The second-order valence-corrected chi connectivity index (χ2v) is 4.61. The molecule has 3 nitrogen and oxygen atoms in total. The molecule has 0 N–H and O–H groups in total. The fourth-order valence-electron chi connectivity index (χ4n) is 1.22. The molecular weight excluding hydrogens is 174 g/mol. The summed E-state index contributed by atoms with van der Waals surface area (Å²) < 4.78 is 0. The molecule has 0 radical (unpaired) electrons. The van der Waals surface area contributed by atoms with Gasteiger partial charge < -0.3 is 0 Å². The molecule has 0 amide bonds. The predicted molar refractivity (Wildman–Crippen MR) is 51.1 cm³/mol. The van der Waals surface area contributed by atoms with E-state index in [1.807, 2.05) is 0 Å². The Morgan fingerprint density at radius 1 is 1.67 bits per heavy atom. The second-order valence-electron chi connectivity index (χ2n) is 3.26. The van der Waals surface area contributed by atoms with Crippen molar-refractivity contribution >= 4 is 11.8 Å². The highest BCUT2D eigenvalue weighted by molar-refractivity contribution is 7.99. The molecule has 1 aliphatic rings. The minimum absolute atomic E-state index is 0.162. The molecule has 0 heterocycles. The molecule has 0 aromatic heterocycles. The van der Waals surface area contributed by atoms with Crippen LogP contribution in [0.15, 0.2) is 0 Å². The first-order valence-corrected chi connectivity index (χ1v) is 5.52. The van der Waals surface area contributed by atoms with Crippen LogP contribution in [0, 0.1) is 16.0 Å². The van der Waals surface area contributed by atoms with E-state index in [0.717, 1.165) is 12.2 Å². The molecule has 1 unspecified atom stereocenters. The first-order valence-electron chi connectivity index (χ1n) is 4.47. The lowest BCUT2D eigenvalue weighted by molar-refractivity contribution is -0.479. The normalized spacial score (nSPS) is 19.1. The minimum Gasteiger partial charge on any atom is -0.265 e. The van der Waals surface area contributed by atoms with E-state index >= 15 is 0 Å². The fraction of sp³-hybridized carbons (Fsp3) is 1.00. The van der Waals surface area contributed by atoms with E-state index in [1.165, 1.54) is 12.8 Å². The highest BCUT2D eigenvalue weighted by Crippen LogP contribution is 2.39. The number of hydrogen-bond donors (Lipinski definition) is 0. The molecule has 0 spiro atoms. The van der Waals surface area contributed by atoms with Crippen molar-refractivity contribution in [2.45, 2.75) is 31.4 Å². The Bertz CT molecular complexity index is 159. The van der Waals surface area contributed by atoms with Crippen LogP contribution in [0.5, 0.6) is 0 Å². The third-order valence-corrected chi connectivity index (χ3v) is 3.62. The maximum absolute atomic E-state index is 10.3. The van der Waals surface area contributed by atoms with Crippen LogP contribution >= 0.6 is 11.8 Å². The Morgan fingerprint density at radius 3 is 2.75 bits per heavy atom. The lowest BCUT2D eigenvalue weighted by atomic mass is 10.3. The van der Waals surface area contributed by atoms with Gasteiger partial charge in [-0.1, -0.05) is 6.92 Å². The summed E-state index contributed by atoms with van der Waals surface area (Å²) in [6.07, 6.45) is 3.52. The van der Waals surface area contributed by atoms with Crippen LogP contribution in [0.2, 0.25) is 0 Å². The van der Waals surface area contributed by atoms with Crippen molar-refractivity contribution in [3.05, 3.63) is 10.1 Å². The van der Waals surface area contributed by atoms with Crippen molar-refractivity contribution in [2.24, 2.45) is 5.92 Å². The molecule has 12 heavy (non-hydrogen) atoms. The van der Waals surface area contributed by atoms with Crippen LogP contribution in [0.25, 0.3) is 0 Å². The van der Waals surface area contributed by atoms with E-state index in [-0.39, 0.29) is 11.5 Å². The first-order chi connectivity index (χ1) is 5.74. The Balaban J connectivity index is 2.22. The van der Waals surface area contributed by atoms with Gasteiger partial charge in [0.2, 0.25) is 6.54 Å². The predicted octanol–water partition coefficient (Wildman–Crippen LogP) is 2.18. The Hall–Kier alpha value is -0.250. The number of rotatable bonds is 6. The topological polar surface area (TPSA) is 43.1 Å². The number of hydrogen-bond acceptors (Lipinski definition) is 3. The highest BCUT2D eigenvalue weighted by atomic mass is 32.2. The largest absolute Gasteiger partial charge is 0.265 e. The Morgan fingerprint density at radius 2 is 2.33 bits per heavy atom. The van der Waals surface area contributed by atoms with Gasteiger partial charge in [-0.15, -0.1) is 0 Å². The van der Waals surface area contributed by atoms with E-state index in [9.17, 15) is 10.1 Å². The molecule has 1 saturated carbocycles. The molecular formula is C8H15NO2S. The van der Waals surface area contributed by atoms with Crippen molar-refractivity contribution in [3.8, 4) is 0 Å². The third kappa shape index (κ3) is 3.43. The van der Waals surface area contributed by atoms with Gasteiger partial charge in [0.25, 0.3) is 0 Å². The van der Waals surface area contributed by atoms with Crippen LogP contribution in [-0.2, 0) is 0 Å². The van der Waals surface area contributed by atoms with Crippen molar-refractivity contribution in [1.29, 1.82) is 0 Å².